The first kappa shape index (κ1) is 14.1. The van der Waals surface area contributed by atoms with E-state index in [-0.39, 0.29) is 4.47 Å². The van der Waals surface area contributed by atoms with Gasteiger partial charge in [-0.1, -0.05) is 31.2 Å². The fourth-order valence-electron chi connectivity index (χ4n) is 1.89. The standard InChI is InChI=1S/C13H12BrF3N2/c1-3-8-4-6-9(7-5-8)11-10(14)12(13(15,16)17)18-19(11)2/h4-7H,3H2,1-2H3. The van der Waals surface area contributed by atoms with Crippen LogP contribution < -0.4 is 0 Å². The van der Waals surface area contributed by atoms with Crippen molar-refractivity contribution in [3.05, 3.63) is 40.0 Å². The van der Waals surface area contributed by atoms with Gasteiger partial charge in [-0.05, 0) is 27.9 Å². The summed E-state index contributed by atoms with van der Waals surface area (Å²) in [5, 5.41) is 3.55. The van der Waals surface area contributed by atoms with Crippen LogP contribution in [0.1, 0.15) is 18.2 Å². The average Bonchev–Trinajstić information content (AvgIpc) is 2.65. The lowest BCUT2D eigenvalue weighted by Crippen LogP contribution is -2.07. The normalized spacial score (nSPS) is 11.9. The van der Waals surface area contributed by atoms with E-state index in [0.29, 0.717) is 11.3 Å². The third-order valence-electron chi connectivity index (χ3n) is 2.89. The monoisotopic (exact) mass is 332 g/mol. The van der Waals surface area contributed by atoms with E-state index in [9.17, 15) is 13.2 Å². The number of rotatable bonds is 2. The summed E-state index contributed by atoms with van der Waals surface area (Å²) in [5.74, 6) is 0. The average molecular weight is 333 g/mol. The Labute approximate surface area is 117 Å². The summed E-state index contributed by atoms with van der Waals surface area (Å²) in [6.45, 7) is 2.02. The molecule has 6 heteroatoms. The molecule has 0 bridgehead atoms. The van der Waals surface area contributed by atoms with Crippen LogP contribution in [0.4, 0.5) is 13.2 Å². The van der Waals surface area contributed by atoms with Crippen molar-refractivity contribution in [1.29, 1.82) is 0 Å². The minimum atomic E-state index is -4.46. The molecule has 1 aromatic heterocycles. The molecule has 2 nitrogen and oxygen atoms in total. The molecule has 19 heavy (non-hydrogen) atoms. The number of hydrogen-bond acceptors (Lipinski definition) is 1. The first-order valence-electron chi connectivity index (χ1n) is 5.73. The van der Waals surface area contributed by atoms with Crippen LogP contribution in [0.2, 0.25) is 0 Å². The van der Waals surface area contributed by atoms with Crippen molar-refractivity contribution in [3.8, 4) is 11.3 Å². The van der Waals surface area contributed by atoms with Crippen molar-refractivity contribution < 1.29 is 13.2 Å². The molecule has 2 rings (SSSR count). The number of halogens is 4. The van der Waals surface area contributed by atoms with Crippen molar-refractivity contribution in [1.82, 2.24) is 9.78 Å². The van der Waals surface area contributed by atoms with Gasteiger partial charge in [-0.25, -0.2) is 0 Å². The maximum Gasteiger partial charge on any atom is 0.436 e. The Morgan fingerprint density at radius 1 is 1.21 bits per heavy atom. The summed E-state index contributed by atoms with van der Waals surface area (Å²) in [5.41, 5.74) is 1.37. The maximum absolute atomic E-state index is 12.8. The lowest BCUT2D eigenvalue weighted by atomic mass is 10.1. The van der Waals surface area contributed by atoms with E-state index in [1.54, 1.807) is 12.1 Å². The Hall–Kier alpha value is -1.30. The van der Waals surface area contributed by atoms with Crippen molar-refractivity contribution in [2.24, 2.45) is 7.05 Å². The maximum atomic E-state index is 12.8. The molecule has 0 saturated carbocycles. The SMILES string of the molecule is CCc1ccc(-c2c(Br)c(C(F)(F)F)nn2C)cc1. The van der Waals surface area contributed by atoms with Crippen molar-refractivity contribution in [3.63, 3.8) is 0 Å². The van der Waals surface area contributed by atoms with Crippen LogP contribution >= 0.6 is 15.9 Å². The van der Waals surface area contributed by atoms with E-state index >= 15 is 0 Å². The number of benzene rings is 1. The molecule has 0 aliphatic heterocycles. The zero-order chi connectivity index (χ0) is 14.2. The van der Waals surface area contributed by atoms with E-state index in [1.165, 1.54) is 11.7 Å². The largest absolute Gasteiger partial charge is 0.436 e. The van der Waals surface area contributed by atoms with Crippen LogP contribution in [0.15, 0.2) is 28.7 Å². The smallest absolute Gasteiger partial charge is 0.266 e. The number of aryl methyl sites for hydroxylation is 2. The van der Waals surface area contributed by atoms with E-state index in [0.717, 1.165) is 12.0 Å². The second-order valence-corrected chi connectivity index (χ2v) is 4.98. The highest BCUT2D eigenvalue weighted by Gasteiger charge is 2.38. The fraction of sp³-hybridized carbons (Fsp3) is 0.308. The summed E-state index contributed by atoms with van der Waals surface area (Å²) in [4.78, 5) is 0. The second kappa shape index (κ2) is 5.00. The molecule has 0 atom stereocenters. The van der Waals surface area contributed by atoms with E-state index < -0.39 is 11.9 Å². The quantitative estimate of drug-likeness (QED) is 0.795. The van der Waals surface area contributed by atoms with Gasteiger partial charge in [0.25, 0.3) is 0 Å². The molecule has 0 radical (unpaired) electrons. The van der Waals surface area contributed by atoms with Gasteiger partial charge < -0.3 is 0 Å². The van der Waals surface area contributed by atoms with Gasteiger partial charge in [-0.3, -0.25) is 4.68 Å². The summed E-state index contributed by atoms with van der Waals surface area (Å²) in [6.07, 6.45) is -3.57. The lowest BCUT2D eigenvalue weighted by Gasteiger charge is -2.05. The number of hydrogen-bond donors (Lipinski definition) is 0. The van der Waals surface area contributed by atoms with Crippen LogP contribution in [0.25, 0.3) is 11.3 Å². The van der Waals surface area contributed by atoms with E-state index in [2.05, 4.69) is 21.0 Å². The van der Waals surface area contributed by atoms with Gasteiger partial charge in [-0.2, -0.15) is 18.3 Å². The van der Waals surface area contributed by atoms with Crippen molar-refractivity contribution >= 4 is 15.9 Å². The van der Waals surface area contributed by atoms with Crippen LogP contribution in [0, 0.1) is 0 Å². The van der Waals surface area contributed by atoms with Crippen LogP contribution in [-0.4, -0.2) is 9.78 Å². The van der Waals surface area contributed by atoms with Gasteiger partial charge >= 0.3 is 6.18 Å². The second-order valence-electron chi connectivity index (χ2n) is 4.18. The molecule has 1 heterocycles. The summed E-state index contributed by atoms with van der Waals surface area (Å²) >= 11 is 3.01. The molecule has 102 valence electrons. The fourth-order valence-corrected chi connectivity index (χ4v) is 2.68. The highest BCUT2D eigenvalue weighted by molar-refractivity contribution is 9.10. The Morgan fingerprint density at radius 2 is 1.79 bits per heavy atom. The highest BCUT2D eigenvalue weighted by Crippen LogP contribution is 2.39. The Morgan fingerprint density at radius 3 is 2.21 bits per heavy atom. The number of nitrogens with zero attached hydrogens (tertiary/aromatic N) is 2. The zero-order valence-corrected chi connectivity index (χ0v) is 12.0. The molecule has 0 N–H and O–H groups in total. The van der Waals surface area contributed by atoms with Gasteiger partial charge in [-0.15, -0.1) is 0 Å². The molecule has 0 unspecified atom stereocenters. The van der Waals surface area contributed by atoms with Gasteiger partial charge in [0.05, 0.1) is 10.2 Å². The third kappa shape index (κ3) is 2.68. The van der Waals surface area contributed by atoms with Gasteiger partial charge in [0.1, 0.15) is 0 Å². The van der Waals surface area contributed by atoms with Crippen LogP contribution in [-0.2, 0) is 19.6 Å². The van der Waals surface area contributed by atoms with Gasteiger partial charge in [0, 0.05) is 12.6 Å². The Kier molecular flexibility index (Phi) is 3.71. The first-order chi connectivity index (χ1) is 8.84. The highest BCUT2D eigenvalue weighted by atomic mass is 79.9. The van der Waals surface area contributed by atoms with Crippen LogP contribution in [0.3, 0.4) is 0 Å². The van der Waals surface area contributed by atoms with Crippen molar-refractivity contribution in [2.75, 3.05) is 0 Å². The molecule has 1 aromatic carbocycles. The van der Waals surface area contributed by atoms with Gasteiger partial charge in [0.2, 0.25) is 0 Å². The number of aromatic nitrogens is 2. The Bertz CT molecular complexity index is 585. The molecule has 2 aromatic rings. The predicted molar refractivity (Wildman–Crippen MR) is 70.7 cm³/mol. The summed E-state index contributed by atoms with van der Waals surface area (Å²) in [6, 6.07) is 7.42. The van der Waals surface area contributed by atoms with Gasteiger partial charge in [0.15, 0.2) is 5.69 Å². The van der Waals surface area contributed by atoms with E-state index in [4.69, 9.17) is 0 Å². The third-order valence-corrected chi connectivity index (χ3v) is 3.64. The lowest BCUT2D eigenvalue weighted by molar-refractivity contribution is -0.142. The zero-order valence-electron chi connectivity index (χ0n) is 10.4. The Balaban J connectivity index is 2.53. The minimum absolute atomic E-state index is 0.0215. The molecule has 0 aliphatic rings. The summed E-state index contributed by atoms with van der Waals surface area (Å²) < 4.78 is 39.5. The van der Waals surface area contributed by atoms with E-state index in [1.807, 2.05) is 19.1 Å². The predicted octanol–water partition coefficient (Wildman–Crippen LogP) is 4.43. The molecule has 0 aliphatic carbocycles. The minimum Gasteiger partial charge on any atom is -0.266 e. The molecule has 0 fully saturated rings. The number of alkyl halides is 3. The molecule has 0 spiro atoms. The van der Waals surface area contributed by atoms with Crippen molar-refractivity contribution in [2.45, 2.75) is 19.5 Å². The first-order valence-corrected chi connectivity index (χ1v) is 6.53. The van der Waals surface area contributed by atoms with Crippen LogP contribution in [0.5, 0.6) is 0 Å². The molecular weight excluding hydrogens is 321 g/mol. The summed E-state index contributed by atoms with van der Waals surface area (Å²) in [7, 11) is 1.50. The molecule has 0 saturated heterocycles. The molecular formula is C13H12BrF3N2. The molecule has 0 amide bonds. The topological polar surface area (TPSA) is 17.8 Å².